The molecule has 0 bridgehead atoms. The first-order chi connectivity index (χ1) is 35.1. The molecule has 19 heteroatoms. The van der Waals surface area contributed by atoms with Crippen LogP contribution in [0.15, 0.2) is 30.3 Å². The van der Waals surface area contributed by atoms with Gasteiger partial charge in [-0.3, -0.25) is 28.9 Å². The van der Waals surface area contributed by atoms with Crippen LogP contribution in [0.4, 0.5) is 0 Å². The largest absolute Gasteiger partial charge is 0.463 e. The Balaban J connectivity index is 1.83. The number of aryl methyl sites for hydroxylation is 1. The molecule has 3 saturated heterocycles. The molecule has 4 rings (SSSR count). The van der Waals surface area contributed by atoms with Gasteiger partial charge in [-0.25, -0.2) is 0 Å². The molecule has 0 radical (unpaired) electrons. The molecule has 0 aliphatic carbocycles. The van der Waals surface area contributed by atoms with E-state index in [0.717, 1.165) is 19.3 Å². The number of benzene rings is 1. The third kappa shape index (κ3) is 18.2. The number of esters is 5. The monoisotopic (exact) mass is 1050 g/mol. The summed E-state index contributed by atoms with van der Waals surface area (Å²) in [6.45, 7) is 16.7. The number of methoxy groups -OCH3 is 3. The fourth-order valence-corrected chi connectivity index (χ4v) is 11.2. The number of carbonyl (C=O) groups is 5. The molecule has 0 amide bonds. The van der Waals surface area contributed by atoms with Gasteiger partial charge in [-0.2, -0.15) is 0 Å². The van der Waals surface area contributed by atoms with E-state index in [0.29, 0.717) is 32.5 Å². The molecule has 19 nitrogen and oxygen atoms in total. The lowest BCUT2D eigenvalue weighted by Crippen LogP contribution is -2.67. The lowest BCUT2D eigenvalue weighted by molar-refractivity contribution is -0.320. The van der Waals surface area contributed by atoms with E-state index < -0.39 is 127 Å². The zero-order valence-corrected chi connectivity index (χ0v) is 46.7. The minimum absolute atomic E-state index is 0.00559. The first-order valence-corrected chi connectivity index (χ1v) is 26.7. The molecule has 0 saturated carbocycles. The average molecular weight is 1050 g/mol. The van der Waals surface area contributed by atoms with Crippen LogP contribution in [0.5, 0.6) is 0 Å². The first-order valence-electron chi connectivity index (χ1n) is 26.7. The van der Waals surface area contributed by atoms with E-state index in [2.05, 4.69) is 17.0 Å². The molecule has 1 aromatic carbocycles. The van der Waals surface area contributed by atoms with Gasteiger partial charge in [-0.15, -0.1) is 0 Å². The van der Waals surface area contributed by atoms with Gasteiger partial charge in [0.25, 0.3) is 0 Å². The second-order valence-electron chi connectivity index (χ2n) is 21.0. The number of aliphatic hydroxyl groups excluding tert-OH is 1. The van der Waals surface area contributed by atoms with E-state index in [9.17, 15) is 29.1 Å². The smallest absolute Gasteiger partial charge is 0.309 e. The van der Waals surface area contributed by atoms with Gasteiger partial charge in [-0.05, 0) is 97.8 Å². The minimum Gasteiger partial charge on any atom is -0.463 e. The summed E-state index contributed by atoms with van der Waals surface area (Å²) >= 11 is 0. The molecule has 3 aliphatic rings. The van der Waals surface area contributed by atoms with Crippen LogP contribution >= 0.6 is 0 Å². The third-order valence-corrected chi connectivity index (χ3v) is 14.8. The SMILES string of the molecule is CCC(=O)O[C@@H]1CC(=O)O[C@H](C)CCN(CCCCc2ccccc2)C[C@H](OC(C)=O)[C@H](C)C[C@H](CC(OC)OC)[C@H]([C@@H]2O[C@H](C)[C@@H](O[C@H]3C[C@@](C)(OC(C)=O)[C@@H](OC(=O)CC)[C@H](C)O3)[C@H](N(C)C)[C@H]2O)[C@@H]1OC. The second kappa shape index (κ2) is 30.2. The van der Waals surface area contributed by atoms with Crippen molar-refractivity contribution in [3.63, 3.8) is 0 Å². The first kappa shape index (κ1) is 62.7. The summed E-state index contributed by atoms with van der Waals surface area (Å²) in [6.07, 6.45) is -7.49. The van der Waals surface area contributed by atoms with Crippen molar-refractivity contribution in [1.82, 2.24) is 9.80 Å². The maximum atomic E-state index is 14.1. The molecule has 0 spiro atoms. The van der Waals surface area contributed by atoms with E-state index in [1.165, 1.54) is 40.7 Å². The molecule has 3 heterocycles. The van der Waals surface area contributed by atoms with E-state index in [-0.39, 0.29) is 38.0 Å². The predicted molar refractivity (Wildman–Crippen MR) is 272 cm³/mol. The summed E-state index contributed by atoms with van der Waals surface area (Å²) in [5.74, 6) is -4.42. The standard InChI is InChI=1S/C55H90N2O17/c1-15-43(60)71-41-30-45(62)67-34(4)25-27-57(26-21-20-24-39-22-18-17-19-23-39)32-42(70-37(7)58)33(3)28-40(29-46(64-12)65-13)48(52(41)66-14)53-50(63)49(56(10)11)51(35(5)69-53)73-47-31-55(9,74-38(8)59)54(36(6)68-47)72-44(61)16-2/h17-19,22-23,33-36,40-42,46-54,63H,15-16,20-21,24-32H2,1-14H3/t33-,34-,35-,36+,40-,41-,42+,47+,48+,49-,50-,51-,52-,53+,54+,55-/m1/s1. The number of likely N-dealkylation sites (N-methyl/N-ethyl adjacent to an activating group) is 1. The summed E-state index contributed by atoms with van der Waals surface area (Å²) in [6, 6.07) is 9.52. The Bertz CT molecular complexity index is 1890. The van der Waals surface area contributed by atoms with Gasteiger partial charge in [0.2, 0.25) is 0 Å². The topological polar surface area (TPSA) is 214 Å². The van der Waals surface area contributed by atoms with E-state index >= 15 is 0 Å². The Hall–Kier alpha value is -3.79. The number of rotatable bonds is 20. The molecular formula is C55H90N2O17. The molecule has 0 aromatic heterocycles. The van der Waals surface area contributed by atoms with Crippen molar-refractivity contribution in [2.75, 3.05) is 55.1 Å². The van der Waals surface area contributed by atoms with Crippen molar-refractivity contribution >= 4 is 29.8 Å². The van der Waals surface area contributed by atoms with Crippen molar-refractivity contribution in [1.29, 1.82) is 0 Å². The van der Waals surface area contributed by atoms with E-state index in [1.807, 2.05) is 58.0 Å². The Morgan fingerprint density at radius 2 is 1.53 bits per heavy atom. The number of aliphatic hydroxyl groups is 1. The Morgan fingerprint density at radius 1 is 0.865 bits per heavy atom. The van der Waals surface area contributed by atoms with Crippen molar-refractivity contribution in [3.05, 3.63) is 35.9 Å². The lowest BCUT2D eigenvalue weighted by atomic mass is 9.70. The Labute approximate surface area is 440 Å². The number of unbranched alkanes of at least 4 members (excludes halogenated alkanes) is 1. The zero-order valence-electron chi connectivity index (χ0n) is 46.7. The van der Waals surface area contributed by atoms with Gasteiger partial charge in [0.15, 0.2) is 24.3 Å². The van der Waals surface area contributed by atoms with Gasteiger partial charge in [-0.1, -0.05) is 51.1 Å². The zero-order chi connectivity index (χ0) is 54.9. The average Bonchev–Trinajstić information content (AvgIpc) is 3.33. The van der Waals surface area contributed by atoms with Crippen LogP contribution in [0, 0.1) is 17.8 Å². The minimum atomic E-state index is -1.35. The molecular weight excluding hydrogens is 961 g/mol. The van der Waals surface area contributed by atoms with Gasteiger partial charge < -0.3 is 62.1 Å². The molecule has 3 aliphatic heterocycles. The number of nitrogens with zero attached hydrogens (tertiary/aromatic N) is 2. The molecule has 422 valence electrons. The van der Waals surface area contributed by atoms with E-state index in [1.54, 1.807) is 27.7 Å². The van der Waals surface area contributed by atoms with Crippen LogP contribution in [-0.4, -0.2) is 185 Å². The van der Waals surface area contributed by atoms with Gasteiger partial charge in [0.05, 0.1) is 36.9 Å². The van der Waals surface area contributed by atoms with Crippen molar-refractivity contribution in [3.8, 4) is 0 Å². The number of ether oxygens (including phenoxy) is 11. The Morgan fingerprint density at radius 3 is 2.12 bits per heavy atom. The molecule has 1 aromatic rings. The predicted octanol–water partition coefficient (Wildman–Crippen LogP) is 5.82. The molecule has 74 heavy (non-hydrogen) atoms. The lowest BCUT2D eigenvalue weighted by Gasteiger charge is -2.53. The fourth-order valence-electron chi connectivity index (χ4n) is 11.2. The summed E-state index contributed by atoms with van der Waals surface area (Å²) in [5, 5.41) is 13.0. The maximum Gasteiger partial charge on any atom is 0.309 e. The van der Waals surface area contributed by atoms with Crippen LogP contribution in [0.1, 0.15) is 126 Å². The highest BCUT2D eigenvalue weighted by atomic mass is 16.7. The van der Waals surface area contributed by atoms with Crippen LogP contribution < -0.4 is 0 Å². The fraction of sp³-hybridized carbons (Fsp3) is 0.800. The van der Waals surface area contributed by atoms with Crippen molar-refractivity contribution < 1.29 is 81.2 Å². The van der Waals surface area contributed by atoms with Crippen LogP contribution in [0.25, 0.3) is 0 Å². The number of hydrogen-bond donors (Lipinski definition) is 1. The van der Waals surface area contributed by atoms with Gasteiger partial charge in [0.1, 0.15) is 30.5 Å². The highest BCUT2D eigenvalue weighted by Gasteiger charge is 2.56. The summed E-state index contributed by atoms with van der Waals surface area (Å²) in [7, 11) is 8.14. The quantitative estimate of drug-likeness (QED) is 0.0706. The highest BCUT2D eigenvalue weighted by molar-refractivity contribution is 5.73. The molecule has 16 atom stereocenters. The number of carbonyl (C=O) groups excluding carboxylic acids is 5. The number of hydrogen-bond acceptors (Lipinski definition) is 19. The van der Waals surface area contributed by atoms with Gasteiger partial charge >= 0.3 is 29.8 Å². The van der Waals surface area contributed by atoms with Crippen LogP contribution in [0.2, 0.25) is 0 Å². The number of cyclic esters (lactones) is 1. The maximum absolute atomic E-state index is 14.1. The van der Waals surface area contributed by atoms with Crippen molar-refractivity contribution in [2.45, 2.75) is 212 Å². The normalized spacial score (nSPS) is 34.0. The van der Waals surface area contributed by atoms with Crippen molar-refractivity contribution in [2.24, 2.45) is 17.8 Å². The summed E-state index contributed by atoms with van der Waals surface area (Å²) in [5.41, 5.74) is -0.0805. The molecule has 0 unspecified atom stereocenters. The van der Waals surface area contributed by atoms with Gasteiger partial charge in [0, 0.05) is 79.9 Å². The Kier molecular flexibility index (Phi) is 25.6. The summed E-state index contributed by atoms with van der Waals surface area (Å²) in [4.78, 5) is 69.7. The second-order valence-corrected chi connectivity index (χ2v) is 21.0. The van der Waals surface area contributed by atoms with Crippen LogP contribution in [0.3, 0.4) is 0 Å². The van der Waals surface area contributed by atoms with E-state index in [4.69, 9.17) is 52.1 Å². The summed E-state index contributed by atoms with van der Waals surface area (Å²) < 4.78 is 68.4. The molecule has 1 N–H and O–H groups in total. The van der Waals surface area contributed by atoms with Crippen LogP contribution in [-0.2, 0) is 82.5 Å². The molecule has 3 fully saturated rings. The highest BCUT2D eigenvalue weighted by Crippen LogP contribution is 2.44. The third-order valence-electron chi connectivity index (χ3n) is 14.8.